The summed E-state index contributed by atoms with van der Waals surface area (Å²) < 4.78 is 22.9. The molecule has 0 saturated carbocycles. The molecule has 5 heteroatoms. The van der Waals surface area contributed by atoms with Gasteiger partial charge in [-0.2, -0.15) is 0 Å². The average molecular weight is 211 g/mol. The fourth-order valence-corrected chi connectivity index (χ4v) is 1.27. The Balaban J connectivity index is 1.85. The van der Waals surface area contributed by atoms with Crippen molar-refractivity contribution in [2.24, 2.45) is 0 Å². The van der Waals surface area contributed by atoms with Crippen molar-refractivity contribution in [1.29, 1.82) is 0 Å². The lowest BCUT2D eigenvalue weighted by atomic mass is 10.3. The van der Waals surface area contributed by atoms with Crippen LogP contribution in [-0.2, 0) is 4.74 Å². The molecule has 0 spiro atoms. The Labute approximate surface area is 86.0 Å². The minimum atomic E-state index is -0.442. The Morgan fingerprint density at radius 3 is 3.13 bits per heavy atom. The predicted molar refractivity (Wildman–Crippen MR) is 50.2 cm³/mol. The van der Waals surface area contributed by atoms with Gasteiger partial charge in [0.15, 0.2) is 6.10 Å². The third-order valence-corrected chi connectivity index (χ3v) is 1.98. The molecule has 0 radical (unpaired) electrons. The number of benzene rings is 1. The van der Waals surface area contributed by atoms with Gasteiger partial charge in [0, 0.05) is 6.07 Å². The molecule has 1 aromatic rings. The number of hydrogen-bond acceptors (Lipinski definition) is 3. The molecule has 2 rings (SSSR count). The fraction of sp³-hybridized carbons (Fsp3) is 0.300. The maximum atomic E-state index is 12.8. The lowest BCUT2D eigenvalue weighted by Gasteiger charge is -2.09. The van der Waals surface area contributed by atoms with Gasteiger partial charge in [0.05, 0.1) is 6.54 Å². The van der Waals surface area contributed by atoms with E-state index in [1.807, 2.05) is 0 Å². The minimum Gasteiger partial charge on any atom is -0.490 e. The van der Waals surface area contributed by atoms with Crippen molar-refractivity contribution in [3.63, 3.8) is 0 Å². The number of hydrogen-bond donors (Lipinski definition) is 1. The summed E-state index contributed by atoms with van der Waals surface area (Å²) in [5, 5.41) is 2.50. The summed E-state index contributed by atoms with van der Waals surface area (Å²) >= 11 is 0. The molecule has 1 aromatic carbocycles. The number of carbonyl (C=O) groups is 1. The SMILES string of the molecule is O=C1NCC(COc2cccc(F)c2)O1. The molecule has 0 aromatic heterocycles. The van der Waals surface area contributed by atoms with Gasteiger partial charge in [-0.15, -0.1) is 0 Å². The molecular formula is C10H10FNO3. The molecule has 1 heterocycles. The number of halogens is 1. The monoisotopic (exact) mass is 211 g/mol. The van der Waals surface area contributed by atoms with Gasteiger partial charge in [0.1, 0.15) is 18.2 Å². The second-order valence-electron chi connectivity index (χ2n) is 3.18. The number of alkyl carbamates (subject to hydrolysis) is 1. The highest BCUT2D eigenvalue weighted by molar-refractivity contribution is 5.69. The normalized spacial score (nSPS) is 19.5. The Hall–Kier alpha value is -1.78. The Morgan fingerprint density at radius 1 is 1.60 bits per heavy atom. The van der Waals surface area contributed by atoms with E-state index in [9.17, 15) is 9.18 Å². The highest BCUT2D eigenvalue weighted by Gasteiger charge is 2.22. The van der Waals surface area contributed by atoms with Gasteiger partial charge >= 0.3 is 6.09 Å². The highest BCUT2D eigenvalue weighted by atomic mass is 19.1. The van der Waals surface area contributed by atoms with Crippen molar-refractivity contribution in [1.82, 2.24) is 5.32 Å². The Kier molecular flexibility index (Phi) is 2.71. The molecule has 15 heavy (non-hydrogen) atoms. The molecule has 1 aliphatic rings. The molecule has 1 saturated heterocycles. The van der Waals surface area contributed by atoms with E-state index in [1.54, 1.807) is 12.1 Å². The van der Waals surface area contributed by atoms with Crippen LogP contribution in [0, 0.1) is 5.82 Å². The van der Waals surface area contributed by atoms with Crippen LogP contribution in [0.2, 0.25) is 0 Å². The molecule has 1 atom stereocenters. The number of rotatable bonds is 3. The first-order valence-corrected chi connectivity index (χ1v) is 4.57. The molecule has 1 unspecified atom stereocenters. The van der Waals surface area contributed by atoms with Gasteiger partial charge in [-0.1, -0.05) is 6.07 Å². The van der Waals surface area contributed by atoms with Gasteiger partial charge in [0.2, 0.25) is 0 Å². The van der Waals surface area contributed by atoms with E-state index in [0.29, 0.717) is 12.3 Å². The van der Waals surface area contributed by atoms with Crippen LogP contribution in [0.3, 0.4) is 0 Å². The smallest absolute Gasteiger partial charge is 0.407 e. The van der Waals surface area contributed by atoms with Crippen molar-refractivity contribution in [3.8, 4) is 5.75 Å². The topological polar surface area (TPSA) is 47.6 Å². The standard InChI is InChI=1S/C10H10FNO3/c11-7-2-1-3-8(4-7)14-6-9-5-12-10(13)15-9/h1-4,9H,5-6H2,(H,12,13). The van der Waals surface area contributed by atoms with Crippen molar-refractivity contribution in [2.75, 3.05) is 13.2 Å². The largest absolute Gasteiger partial charge is 0.490 e. The summed E-state index contributed by atoms with van der Waals surface area (Å²) in [5.41, 5.74) is 0. The first kappa shape index (κ1) is 9.76. The predicted octanol–water partition coefficient (Wildman–Crippen LogP) is 1.31. The summed E-state index contributed by atoms with van der Waals surface area (Å²) in [6, 6.07) is 5.82. The first-order valence-electron chi connectivity index (χ1n) is 4.57. The number of ether oxygens (including phenoxy) is 2. The van der Waals surface area contributed by atoms with Crippen LogP contribution in [0.15, 0.2) is 24.3 Å². The number of cyclic esters (lactones) is 1. The zero-order valence-corrected chi connectivity index (χ0v) is 7.90. The van der Waals surface area contributed by atoms with Gasteiger partial charge in [-0.3, -0.25) is 0 Å². The van der Waals surface area contributed by atoms with E-state index >= 15 is 0 Å². The molecular weight excluding hydrogens is 201 g/mol. The number of carbonyl (C=O) groups excluding carboxylic acids is 1. The van der Waals surface area contributed by atoms with Crippen LogP contribution in [0.5, 0.6) is 5.75 Å². The van der Waals surface area contributed by atoms with Crippen molar-refractivity contribution in [3.05, 3.63) is 30.1 Å². The summed E-state index contributed by atoms with van der Waals surface area (Å²) in [7, 11) is 0. The van der Waals surface area contributed by atoms with Crippen LogP contribution in [0.25, 0.3) is 0 Å². The molecule has 4 nitrogen and oxygen atoms in total. The van der Waals surface area contributed by atoms with Crippen LogP contribution in [0.1, 0.15) is 0 Å². The highest BCUT2D eigenvalue weighted by Crippen LogP contribution is 2.13. The van der Waals surface area contributed by atoms with E-state index in [-0.39, 0.29) is 18.5 Å². The van der Waals surface area contributed by atoms with E-state index in [2.05, 4.69) is 5.32 Å². The third-order valence-electron chi connectivity index (χ3n) is 1.98. The van der Waals surface area contributed by atoms with Crippen molar-refractivity contribution in [2.45, 2.75) is 6.10 Å². The number of amides is 1. The second kappa shape index (κ2) is 4.16. The fourth-order valence-electron chi connectivity index (χ4n) is 1.27. The summed E-state index contributed by atoms with van der Waals surface area (Å²) in [6.07, 6.45) is -0.747. The minimum absolute atomic E-state index is 0.224. The summed E-state index contributed by atoms with van der Waals surface area (Å²) in [5.74, 6) is 0.0759. The Bertz CT molecular complexity index is 369. The van der Waals surface area contributed by atoms with E-state index in [4.69, 9.17) is 9.47 Å². The second-order valence-corrected chi connectivity index (χ2v) is 3.18. The van der Waals surface area contributed by atoms with Gasteiger partial charge < -0.3 is 14.8 Å². The number of nitrogens with one attached hydrogen (secondary N) is 1. The van der Waals surface area contributed by atoms with E-state index in [0.717, 1.165) is 0 Å². The molecule has 0 bridgehead atoms. The van der Waals surface area contributed by atoms with Crippen molar-refractivity contribution < 1.29 is 18.7 Å². The first-order chi connectivity index (χ1) is 7.24. The lowest BCUT2D eigenvalue weighted by molar-refractivity contribution is 0.104. The maximum Gasteiger partial charge on any atom is 0.407 e. The van der Waals surface area contributed by atoms with Crippen molar-refractivity contribution >= 4 is 6.09 Å². The van der Waals surface area contributed by atoms with Gasteiger partial charge in [-0.25, -0.2) is 9.18 Å². The van der Waals surface area contributed by atoms with Gasteiger partial charge in [-0.05, 0) is 12.1 Å². The van der Waals surface area contributed by atoms with Crippen LogP contribution < -0.4 is 10.1 Å². The summed E-state index contributed by atoms with van der Waals surface area (Å²) in [4.78, 5) is 10.7. The lowest BCUT2D eigenvalue weighted by Crippen LogP contribution is -2.21. The zero-order chi connectivity index (χ0) is 10.7. The molecule has 0 aliphatic carbocycles. The quantitative estimate of drug-likeness (QED) is 0.820. The third kappa shape index (κ3) is 2.59. The average Bonchev–Trinajstić information content (AvgIpc) is 2.62. The van der Waals surface area contributed by atoms with Crippen LogP contribution in [-0.4, -0.2) is 25.3 Å². The van der Waals surface area contributed by atoms with E-state index in [1.165, 1.54) is 12.1 Å². The molecule has 1 amide bonds. The van der Waals surface area contributed by atoms with Gasteiger partial charge in [0.25, 0.3) is 0 Å². The maximum absolute atomic E-state index is 12.8. The van der Waals surface area contributed by atoms with Crippen LogP contribution >= 0.6 is 0 Å². The summed E-state index contributed by atoms with van der Waals surface area (Å²) in [6.45, 7) is 0.649. The van der Waals surface area contributed by atoms with Crippen LogP contribution in [0.4, 0.5) is 9.18 Å². The van der Waals surface area contributed by atoms with E-state index < -0.39 is 6.09 Å². The molecule has 1 fully saturated rings. The molecule has 1 N–H and O–H groups in total. The molecule has 80 valence electrons. The zero-order valence-electron chi connectivity index (χ0n) is 7.90. The Morgan fingerprint density at radius 2 is 2.47 bits per heavy atom. The molecule has 1 aliphatic heterocycles.